The van der Waals surface area contributed by atoms with Crippen LogP contribution in [0.25, 0.3) is 10.9 Å². The minimum Gasteiger partial charge on any atom is -0.324 e. The number of benzene rings is 1. The van der Waals surface area contributed by atoms with Crippen LogP contribution in [-0.2, 0) is 0 Å². The van der Waals surface area contributed by atoms with Crippen molar-refractivity contribution in [2.45, 2.75) is 38.6 Å². The monoisotopic (exact) mass is 254 g/mol. The van der Waals surface area contributed by atoms with Crippen LogP contribution in [0.15, 0.2) is 36.5 Å². The van der Waals surface area contributed by atoms with Crippen molar-refractivity contribution < 1.29 is 0 Å². The Morgan fingerprint density at radius 1 is 1.11 bits per heavy atom. The Morgan fingerprint density at radius 2 is 1.89 bits per heavy atom. The van der Waals surface area contributed by atoms with E-state index in [2.05, 4.69) is 36.2 Å². The molecule has 1 aromatic carbocycles. The van der Waals surface area contributed by atoms with Gasteiger partial charge in [-0.2, -0.15) is 0 Å². The fourth-order valence-electron chi connectivity index (χ4n) is 3.32. The molecule has 1 saturated carbocycles. The van der Waals surface area contributed by atoms with Crippen LogP contribution >= 0.6 is 0 Å². The maximum Gasteiger partial charge on any atom is 0.0705 e. The molecule has 1 heterocycles. The van der Waals surface area contributed by atoms with Gasteiger partial charge in [-0.1, -0.05) is 38.0 Å². The van der Waals surface area contributed by atoms with Crippen molar-refractivity contribution in [2.75, 3.05) is 0 Å². The lowest BCUT2D eigenvalue weighted by atomic mass is 9.77. The molecule has 1 unspecified atom stereocenters. The first-order valence-corrected chi connectivity index (χ1v) is 7.35. The molecule has 1 fully saturated rings. The van der Waals surface area contributed by atoms with Crippen LogP contribution in [0.4, 0.5) is 0 Å². The highest BCUT2D eigenvalue weighted by molar-refractivity contribution is 5.82. The van der Waals surface area contributed by atoms with E-state index in [4.69, 9.17) is 5.73 Å². The second kappa shape index (κ2) is 5.30. The zero-order valence-corrected chi connectivity index (χ0v) is 11.5. The number of rotatable bonds is 2. The molecule has 0 amide bonds. The molecule has 2 heteroatoms. The van der Waals surface area contributed by atoms with Crippen LogP contribution < -0.4 is 5.73 Å². The van der Waals surface area contributed by atoms with Crippen LogP contribution in [-0.4, -0.2) is 4.98 Å². The highest BCUT2D eigenvalue weighted by Crippen LogP contribution is 2.37. The van der Waals surface area contributed by atoms with Gasteiger partial charge in [0.05, 0.1) is 5.52 Å². The highest BCUT2D eigenvalue weighted by Gasteiger charge is 2.25. The maximum atomic E-state index is 6.55. The van der Waals surface area contributed by atoms with E-state index in [1.807, 2.05) is 12.3 Å². The van der Waals surface area contributed by atoms with Crippen molar-refractivity contribution in [3.05, 3.63) is 42.1 Å². The third-order valence-corrected chi connectivity index (χ3v) is 4.61. The van der Waals surface area contributed by atoms with Gasteiger partial charge in [-0.3, -0.25) is 4.98 Å². The fourth-order valence-corrected chi connectivity index (χ4v) is 3.32. The first-order chi connectivity index (χ1) is 9.25. The molecule has 1 aromatic heterocycles. The Kier molecular flexibility index (Phi) is 3.52. The van der Waals surface area contributed by atoms with Crippen molar-refractivity contribution in [1.82, 2.24) is 4.98 Å². The number of pyridine rings is 1. The molecule has 0 radical (unpaired) electrons. The molecular weight excluding hydrogens is 232 g/mol. The Balaban J connectivity index is 1.91. The summed E-state index contributed by atoms with van der Waals surface area (Å²) in [5.74, 6) is 1.50. The summed E-state index contributed by atoms with van der Waals surface area (Å²) in [6, 6.07) is 10.6. The minimum atomic E-state index is 0.153. The van der Waals surface area contributed by atoms with E-state index in [1.54, 1.807) is 0 Å². The quantitative estimate of drug-likeness (QED) is 0.877. The minimum absolute atomic E-state index is 0.153. The second-order valence-electron chi connectivity index (χ2n) is 5.96. The number of hydrogen-bond acceptors (Lipinski definition) is 2. The third-order valence-electron chi connectivity index (χ3n) is 4.61. The van der Waals surface area contributed by atoms with Gasteiger partial charge >= 0.3 is 0 Å². The third kappa shape index (κ3) is 2.50. The largest absolute Gasteiger partial charge is 0.324 e. The van der Waals surface area contributed by atoms with Crippen LogP contribution in [0.5, 0.6) is 0 Å². The molecule has 0 aliphatic heterocycles. The van der Waals surface area contributed by atoms with Gasteiger partial charge in [-0.25, -0.2) is 0 Å². The lowest BCUT2D eigenvalue weighted by Crippen LogP contribution is -2.25. The van der Waals surface area contributed by atoms with E-state index >= 15 is 0 Å². The number of nitrogens with two attached hydrogens (primary N) is 1. The summed E-state index contributed by atoms with van der Waals surface area (Å²) in [7, 11) is 0. The summed E-state index contributed by atoms with van der Waals surface area (Å²) in [5.41, 5.74) is 8.88. The van der Waals surface area contributed by atoms with E-state index in [0.717, 1.165) is 11.4 Å². The van der Waals surface area contributed by atoms with Gasteiger partial charge in [0.15, 0.2) is 0 Å². The smallest absolute Gasteiger partial charge is 0.0705 e. The highest BCUT2D eigenvalue weighted by atomic mass is 14.7. The molecule has 0 bridgehead atoms. The van der Waals surface area contributed by atoms with E-state index in [9.17, 15) is 0 Å². The molecule has 1 aliphatic carbocycles. The molecule has 1 atom stereocenters. The van der Waals surface area contributed by atoms with Gasteiger partial charge in [-0.05, 0) is 42.4 Å². The number of aromatic nitrogens is 1. The lowest BCUT2D eigenvalue weighted by Gasteiger charge is -2.31. The molecule has 100 valence electrons. The zero-order chi connectivity index (χ0) is 13.2. The van der Waals surface area contributed by atoms with Gasteiger partial charge in [0, 0.05) is 17.6 Å². The fraction of sp³-hybridized carbons (Fsp3) is 0.471. The maximum absolute atomic E-state index is 6.55. The molecule has 2 aromatic rings. The Bertz CT molecular complexity index is 551. The summed E-state index contributed by atoms with van der Waals surface area (Å²) < 4.78 is 0. The second-order valence-corrected chi connectivity index (χ2v) is 5.96. The Labute approximate surface area is 115 Å². The van der Waals surface area contributed by atoms with Gasteiger partial charge in [0.25, 0.3) is 0 Å². The normalized spacial score (nSPS) is 25.4. The van der Waals surface area contributed by atoms with Crippen molar-refractivity contribution in [1.29, 1.82) is 0 Å². The van der Waals surface area contributed by atoms with Crippen molar-refractivity contribution in [2.24, 2.45) is 17.6 Å². The number of fused-ring (bicyclic) bond motifs is 1. The van der Waals surface area contributed by atoms with Gasteiger partial charge < -0.3 is 5.73 Å². The topological polar surface area (TPSA) is 38.9 Å². The summed E-state index contributed by atoms with van der Waals surface area (Å²) >= 11 is 0. The lowest BCUT2D eigenvalue weighted by molar-refractivity contribution is 0.257. The first kappa shape index (κ1) is 12.6. The van der Waals surface area contributed by atoms with Crippen LogP contribution in [0.3, 0.4) is 0 Å². The van der Waals surface area contributed by atoms with Crippen LogP contribution in [0.1, 0.15) is 44.2 Å². The molecule has 0 saturated heterocycles. The molecule has 0 spiro atoms. The average molecular weight is 254 g/mol. The van der Waals surface area contributed by atoms with E-state index in [1.165, 1.54) is 36.6 Å². The summed E-state index contributed by atoms with van der Waals surface area (Å²) in [4.78, 5) is 4.43. The van der Waals surface area contributed by atoms with Gasteiger partial charge in [0.1, 0.15) is 0 Å². The van der Waals surface area contributed by atoms with Crippen LogP contribution in [0.2, 0.25) is 0 Å². The molecule has 2 nitrogen and oxygen atoms in total. The Morgan fingerprint density at radius 3 is 2.68 bits per heavy atom. The van der Waals surface area contributed by atoms with Crippen molar-refractivity contribution in [3.8, 4) is 0 Å². The van der Waals surface area contributed by atoms with E-state index < -0.39 is 0 Å². The first-order valence-electron chi connectivity index (χ1n) is 7.35. The zero-order valence-electron chi connectivity index (χ0n) is 11.5. The molecule has 2 N–H and O–H groups in total. The standard InChI is InChI=1S/C17H22N2/c1-12-7-9-13(10-8-12)17(18)15-4-2-6-16-14(15)5-3-11-19-16/h2-6,11-13,17H,7-10,18H2,1H3. The van der Waals surface area contributed by atoms with E-state index in [0.29, 0.717) is 5.92 Å². The predicted molar refractivity (Wildman–Crippen MR) is 79.8 cm³/mol. The molecule has 3 rings (SSSR count). The summed E-state index contributed by atoms with van der Waals surface area (Å²) in [5, 5.41) is 1.22. The molecule has 1 aliphatic rings. The van der Waals surface area contributed by atoms with Crippen LogP contribution in [0, 0.1) is 11.8 Å². The van der Waals surface area contributed by atoms with Crippen molar-refractivity contribution >= 4 is 10.9 Å². The molecular formula is C17H22N2. The van der Waals surface area contributed by atoms with Gasteiger partial charge in [0.2, 0.25) is 0 Å². The predicted octanol–water partition coefficient (Wildman–Crippen LogP) is 4.06. The summed E-state index contributed by atoms with van der Waals surface area (Å²) in [6.07, 6.45) is 7.01. The van der Waals surface area contributed by atoms with Crippen molar-refractivity contribution in [3.63, 3.8) is 0 Å². The summed E-state index contributed by atoms with van der Waals surface area (Å²) in [6.45, 7) is 2.35. The van der Waals surface area contributed by atoms with E-state index in [-0.39, 0.29) is 6.04 Å². The van der Waals surface area contributed by atoms with Gasteiger partial charge in [-0.15, -0.1) is 0 Å². The average Bonchev–Trinajstić information content (AvgIpc) is 2.47. The number of hydrogen-bond donors (Lipinski definition) is 1. The number of nitrogens with zero attached hydrogens (tertiary/aromatic N) is 1. The Hall–Kier alpha value is -1.41. The SMILES string of the molecule is CC1CCC(C(N)c2cccc3ncccc23)CC1. The molecule has 19 heavy (non-hydrogen) atoms.